The van der Waals surface area contributed by atoms with Crippen LogP contribution in [0.1, 0.15) is 0 Å². The standard InChI is InChI=1S/C19H21FN2O4S2/c1-27-17-5-7-18(8-6-17)28(24,25)22(16-4-2-3-15(20)13-16)14-19(23)21-9-11-26-12-10-21/h2-8,13H,9-12,14H2,1H3. The third-order valence-electron chi connectivity index (χ3n) is 4.39. The van der Waals surface area contributed by atoms with Gasteiger partial charge in [-0.05, 0) is 48.7 Å². The summed E-state index contributed by atoms with van der Waals surface area (Å²) in [5, 5.41) is 0. The Labute approximate surface area is 168 Å². The van der Waals surface area contributed by atoms with Crippen LogP contribution in [0.15, 0.2) is 58.3 Å². The van der Waals surface area contributed by atoms with Crippen LogP contribution in [0.2, 0.25) is 0 Å². The number of hydrogen-bond donors (Lipinski definition) is 0. The molecule has 6 nitrogen and oxygen atoms in total. The van der Waals surface area contributed by atoms with Crippen molar-refractivity contribution in [3.8, 4) is 0 Å². The number of carbonyl (C=O) groups excluding carboxylic acids is 1. The molecule has 150 valence electrons. The third kappa shape index (κ3) is 4.65. The first kappa shape index (κ1) is 20.6. The molecular formula is C19H21FN2O4S2. The van der Waals surface area contributed by atoms with E-state index in [9.17, 15) is 17.6 Å². The predicted octanol–water partition coefficient (Wildman–Crippen LogP) is 2.60. The van der Waals surface area contributed by atoms with Crippen molar-refractivity contribution in [1.82, 2.24) is 4.90 Å². The molecule has 1 aliphatic rings. The zero-order valence-corrected chi connectivity index (χ0v) is 17.0. The van der Waals surface area contributed by atoms with Crippen LogP contribution >= 0.6 is 11.8 Å². The molecule has 0 unspecified atom stereocenters. The maximum atomic E-state index is 13.8. The zero-order chi connectivity index (χ0) is 20.1. The van der Waals surface area contributed by atoms with E-state index in [0.717, 1.165) is 15.3 Å². The van der Waals surface area contributed by atoms with Gasteiger partial charge < -0.3 is 9.64 Å². The first-order chi connectivity index (χ1) is 13.4. The first-order valence-electron chi connectivity index (χ1n) is 8.70. The van der Waals surface area contributed by atoms with E-state index in [1.54, 1.807) is 17.0 Å². The van der Waals surface area contributed by atoms with Gasteiger partial charge in [0.25, 0.3) is 10.0 Å². The number of benzene rings is 2. The van der Waals surface area contributed by atoms with E-state index < -0.39 is 22.4 Å². The molecule has 1 amide bonds. The van der Waals surface area contributed by atoms with Crippen LogP contribution in [-0.2, 0) is 19.6 Å². The summed E-state index contributed by atoms with van der Waals surface area (Å²) in [4.78, 5) is 15.2. The first-order valence-corrected chi connectivity index (χ1v) is 11.4. The summed E-state index contributed by atoms with van der Waals surface area (Å²) in [6, 6.07) is 11.6. The number of amides is 1. The van der Waals surface area contributed by atoms with Crippen LogP contribution in [0.25, 0.3) is 0 Å². The van der Waals surface area contributed by atoms with Crippen LogP contribution in [0, 0.1) is 5.82 Å². The molecule has 0 radical (unpaired) electrons. The van der Waals surface area contributed by atoms with Gasteiger partial charge in [-0.2, -0.15) is 0 Å². The third-order valence-corrected chi connectivity index (χ3v) is 6.92. The number of carbonyl (C=O) groups is 1. The summed E-state index contributed by atoms with van der Waals surface area (Å²) >= 11 is 1.49. The SMILES string of the molecule is CSc1ccc(S(=O)(=O)N(CC(=O)N2CCOCC2)c2cccc(F)c2)cc1. The summed E-state index contributed by atoms with van der Waals surface area (Å²) in [5.41, 5.74) is 0.107. The van der Waals surface area contributed by atoms with E-state index in [-0.39, 0.29) is 16.5 Å². The van der Waals surface area contributed by atoms with Gasteiger partial charge in [-0.1, -0.05) is 6.07 Å². The second kappa shape index (κ2) is 8.93. The van der Waals surface area contributed by atoms with Crippen LogP contribution in [0.5, 0.6) is 0 Å². The molecule has 0 saturated carbocycles. The summed E-state index contributed by atoms with van der Waals surface area (Å²) in [5.74, 6) is -0.925. The van der Waals surface area contributed by atoms with Gasteiger partial charge >= 0.3 is 0 Å². The Bertz CT molecular complexity index is 929. The number of sulfonamides is 1. The molecule has 9 heteroatoms. The summed E-state index contributed by atoms with van der Waals surface area (Å²) in [6.07, 6.45) is 1.89. The normalized spacial score (nSPS) is 14.7. The molecule has 0 N–H and O–H groups in total. The highest BCUT2D eigenvalue weighted by molar-refractivity contribution is 7.98. The molecule has 1 fully saturated rings. The van der Waals surface area contributed by atoms with E-state index in [1.807, 2.05) is 6.26 Å². The van der Waals surface area contributed by atoms with Crippen molar-refractivity contribution < 1.29 is 22.3 Å². The van der Waals surface area contributed by atoms with Crippen molar-refractivity contribution in [2.45, 2.75) is 9.79 Å². The lowest BCUT2D eigenvalue weighted by atomic mass is 10.3. The number of anilines is 1. The molecule has 0 atom stereocenters. The lowest BCUT2D eigenvalue weighted by Crippen LogP contribution is -2.47. The van der Waals surface area contributed by atoms with Gasteiger partial charge in [-0.25, -0.2) is 12.8 Å². The van der Waals surface area contributed by atoms with Crippen LogP contribution in [0.4, 0.5) is 10.1 Å². The highest BCUT2D eigenvalue weighted by atomic mass is 32.2. The van der Waals surface area contributed by atoms with E-state index in [1.165, 1.54) is 42.1 Å². The van der Waals surface area contributed by atoms with Gasteiger partial charge in [-0.3, -0.25) is 9.10 Å². The van der Waals surface area contributed by atoms with Crippen molar-refractivity contribution in [1.29, 1.82) is 0 Å². The fourth-order valence-electron chi connectivity index (χ4n) is 2.86. The van der Waals surface area contributed by atoms with Crippen LogP contribution in [-0.4, -0.2) is 58.3 Å². The number of nitrogens with zero attached hydrogens (tertiary/aromatic N) is 2. The average Bonchev–Trinajstić information content (AvgIpc) is 2.72. The Balaban J connectivity index is 1.95. The quantitative estimate of drug-likeness (QED) is 0.667. The Morgan fingerprint density at radius 3 is 2.46 bits per heavy atom. The van der Waals surface area contributed by atoms with Crippen LogP contribution in [0.3, 0.4) is 0 Å². The van der Waals surface area contributed by atoms with E-state index in [0.29, 0.717) is 26.3 Å². The van der Waals surface area contributed by atoms with E-state index >= 15 is 0 Å². The maximum absolute atomic E-state index is 13.8. The van der Waals surface area contributed by atoms with Gasteiger partial charge in [0.2, 0.25) is 5.91 Å². The Morgan fingerprint density at radius 1 is 1.18 bits per heavy atom. The summed E-state index contributed by atoms with van der Waals surface area (Å²) in [6.45, 7) is 1.22. The van der Waals surface area contributed by atoms with Gasteiger partial charge in [0, 0.05) is 18.0 Å². The minimum atomic E-state index is -4.05. The second-order valence-corrected chi connectivity index (χ2v) is 8.90. The minimum Gasteiger partial charge on any atom is -0.378 e. The van der Waals surface area contributed by atoms with Crippen molar-refractivity contribution in [2.24, 2.45) is 0 Å². The van der Waals surface area contributed by atoms with Gasteiger partial charge in [0.15, 0.2) is 0 Å². The number of hydrogen-bond acceptors (Lipinski definition) is 5. The Hall–Kier alpha value is -2.10. The molecule has 0 aliphatic carbocycles. The number of morpholine rings is 1. The number of ether oxygens (including phenoxy) is 1. The van der Waals surface area contributed by atoms with Crippen molar-refractivity contribution in [2.75, 3.05) is 43.4 Å². The van der Waals surface area contributed by atoms with Gasteiger partial charge in [-0.15, -0.1) is 11.8 Å². The minimum absolute atomic E-state index is 0.0457. The molecule has 1 saturated heterocycles. The average molecular weight is 425 g/mol. The smallest absolute Gasteiger partial charge is 0.264 e. The van der Waals surface area contributed by atoms with Crippen molar-refractivity contribution >= 4 is 33.4 Å². The van der Waals surface area contributed by atoms with Crippen molar-refractivity contribution in [3.63, 3.8) is 0 Å². The second-order valence-electron chi connectivity index (χ2n) is 6.16. The molecule has 2 aromatic carbocycles. The molecule has 2 aromatic rings. The largest absolute Gasteiger partial charge is 0.378 e. The fourth-order valence-corrected chi connectivity index (χ4v) is 4.67. The molecule has 0 bridgehead atoms. The van der Waals surface area contributed by atoms with Gasteiger partial charge in [0.05, 0.1) is 23.8 Å². The molecule has 1 heterocycles. The fraction of sp³-hybridized carbons (Fsp3) is 0.316. The monoisotopic (exact) mass is 424 g/mol. The predicted molar refractivity (Wildman–Crippen MR) is 107 cm³/mol. The van der Waals surface area contributed by atoms with Crippen LogP contribution < -0.4 is 4.31 Å². The molecule has 3 rings (SSSR count). The highest BCUT2D eigenvalue weighted by Crippen LogP contribution is 2.26. The molecular weight excluding hydrogens is 403 g/mol. The lowest BCUT2D eigenvalue weighted by Gasteiger charge is -2.30. The number of thioether (sulfide) groups is 1. The van der Waals surface area contributed by atoms with E-state index in [2.05, 4.69) is 0 Å². The molecule has 0 spiro atoms. The topological polar surface area (TPSA) is 66.9 Å². The Morgan fingerprint density at radius 2 is 1.86 bits per heavy atom. The summed E-state index contributed by atoms with van der Waals surface area (Å²) in [7, 11) is -4.05. The van der Waals surface area contributed by atoms with E-state index in [4.69, 9.17) is 4.74 Å². The molecule has 1 aliphatic heterocycles. The number of halogens is 1. The highest BCUT2D eigenvalue weighted by Gasteiger charge is 2.29. The molecule has 0 aromatic heterocycles. The maximum Gasteiger partial charge on any atom is 0.264 e. The van der Waals surface area contributed by atoms with Crippen molar-refractivity contribution in [3.05, 3.63) is 54.3 Å². The zero-order valence-electron chi connectivity index (χ0n) is 15.4. The lowest BCUT2D eigenvalue weighted by molar-refractivity contribution is -0.133. The van der Waals surface area contributed by atoms with Gasteiger partial charge in [0.1, 0.15) is 12.4 Å². The summed E-state index contributed by atoms with van der Waals surface area (Å²) < 4.78 is 46.5. The number of rotatable bonds is 6. The Kier molecular flexibility index (Phi) is 6.58. The molecule has 28 heavy (non-hydrogen) atoms.